The van der Waals surface area contributed by atoms with Crippen LogP contribution in [0, 0.1) is 0 Å². The van der Waals surface area contributed by atoms with Gasteiger partial charge in [0.25, 0.3) is 0 Å². The standard InChI is InChI=1S/C19H23NO4.ClH/c1-21-16-6-5-12(8-17(16)22-2)15-7-13-9-18(23-3)19(24-4)10-14(13)11-20-15;/h5-6,8-10,15,20H,7,11H2,1-4H3;1H. The number of nitrogens with one attached hydrogen (secondary N) is 1. The average molecular weight is 366 g/mol. The first-order valence-electron chi connectivity index (χ1n) is 7.89. The molecule has 6 heteroatoms. The van der Waals surface area contributed by atoms with Crippen molar-refractivity contribution in [1.29, 1.82) is 0 Å². The Hall–Kier alpha value is -2.11. The zero-order valence-electron chi connectivity index (χ0n) is 14.9. The van der Waals surface area contributed by atoms with E-state index in [1.54, 1.807) is 28.4 Å². The van der Waals surface area contributed by atoms with E-state index in [0.717, 1.165) is 36.0 Å². The first-order valence-corrected chi connectivity index (χ1v) is 7.89. The summed E-state index contributed by atoms with van der Waals surface area (Å²) in [5, 5.41) is 3.58. The summed E-state index contributed by atoms with van der Waals surface area (Å²) in [6, 6.07) is 10.4. The van der Waals surface area contributed by atoms with Crippen LogP contribution in [0.25, 0.3) is 0 Å². The van der Waals surface area contributed by atoms with E-state index in [1.807, 2.05) is 18.2 Å². The van der Waals surface area contributed by atoms with Crippen molar-refractivity contribution in [1.82, 2.24) is 5.32 Å². The van der Waals surface area contributed by atoms with Gasteiger partial charge in [-0.15, -0.1) is 12.4 Å². The van der Waals surface area contributed by atoms with E-state index in [2.05, 4.69) is 17.4 Å². The molecular formula is C19H24ClNO4. The molecule has 2 aromatic rings. The number of rotatable bonds is 5. The molecule has 25 heavy (non-hydrogen) atoms. The van der Waals surface area contributed by atoms with Crippen LogP contribution >= 0.6 is 12.4 Å². The maximum atomic E-state index is 5.43. The van der Waals surface area contributed by atoms with Gasteiger partial charge < -0.3 is 24.3 Å². The van der Waals surface area contributed by atoms with Crippen LogP contribution in [0.15, 0.2) is 30.3 Å². The number of benzene rings is 2. The van der Waals surface area contributed by atoms with Crippen molar-refractivity contribution in [2.45, 2.75) is 19.0 Å². The van der Waals surface area contributed by atoms with Crippen LogP contribution in [0.1, 0.15) is 22.7 Å². The van der Waals surface area contributed by atoms with E-state index in [1.165, 1.54) is 16.7 Å². The van der Waals surface area contributed by atoms with Crippen LogP contribution in [0.2, 0.25) is 0 Å². The Kier molecular flexibility index (Phi) is 6.39. The van der Waals surface area contributed by atoms with Gasteiger partial charge in [-0.25, -0.2) is 0 Å². The van der Waals surface area contributed by atoms with Crippen LogP contribution in [0.3, 0.4) is 0 Å². The van der Waals surface area contributed by atoms with Crippen LogP contribution in [0.4, 0.5) is 0 Å². The Bertz CT molecular complexity index is 736. The minimum absolute atomic E-state index is 0. The highest BCUT2D eigenvalue weighted by Crippen LogP contribution is 2.37. The molecule has 3 rings (SSSR count). The quantitative estimate of drug-likeness (QED) is 0.878. The minimum atomic E-state index is 0. The largest absolute Gasteiger partial charge is 0.493 e. The summed E-state index contributed by atoms with van der Waals surface area (Å²) in [5.41, 5.74) is 3.68. The summed E-state index contributed by atoms with van der Waals surface area (Å²) in [4.78, 5) is 0. The van der Waals surface area contributed by atoms with Crippen molar-refractivity contribution in [3.63, 3.8) is 0 Å². The van der Waals surface area contributed by atoms with E-state index in [9.17, 15) is 0 Å². The Balaban J connectivity index is 0.00000225. The van der Waals surface area contributed by atoms with E-state index in [-0.39, 0.29) is 18.4 Å². The maximum Gasteiger partial charge on any atom is 0.161 e. The second-order valence-corrected chi connectivity index (χ2v) is 5.73. The van der Waals surface area contributed by atoms with Crippen LogP contribution in [0.5, 0.6) is 23.0 Å². The number of hydrogen-bond acceptors (Lipinski definition) is 5. The second-order valence-electron chi connectivity index (χ2n) is 5.73. The van der Waals surface area contributed by atoms with Gasteiger partial charge in [0.1, 0.15) is 0 Å². The fraction of sp³-hybridized carbons (Fsp3) is 0.368. The Morgan fingerprint density at radius 1 is 0.760 bits per heavy atom. The van der Waals surface area contributed by atoms with Gasteiger partial charge in [-0.3, -0.25) is 0 Å². The van der Waals surface area contributed by atoms with Crippen molar-refractivity contribution in [2.24, 2.45) is 0 Å². The third-order valence-corrected chi connectivity index (χ3v) is 4.48. The number of halogens is 1. The smallest absolute Gasteiger partial charge is 0.161 e. The van der Waals surface area contributed by atoms with Gasteiger partial charge in [-0.05, 0) is 47.4 Å². The molecule has 1 aliphatic heterocycles. The number of methoxy groups -OCH3 is 4. The predicted octanol–water partition coefficient (Wildman–Crippen LogP) is 3.53. The molecule has 1 atom stereocenters. The normalized spacial score (nSPS) is 15.6. The molecule has 0 amide bonds. The van der Waals surface area contributed by atoms with Gasteiger partial charge in [-0.2, -0.15) is 0 Å². The van der Waals surface area contributed by atoms with Crippen molar-refractivity contribution in [2.75, 3.05) is 28.4 Å². The number of hydrogen-bond donors (Lipinski definition) is 1. The van der Waals surface area contributed by atoms with Crippen molar-refractivity contribution in [3.05, 3.63) is 47.0 Å². The van der Waals surface area contributed by atoms with Crippen LogP contribution in [-0.2, 0) is 13.0 Å². The SMILES string of the molecule is COc1ccc(C2Cc3cc(OC)c(OC)cc3CN2)cc1OC.Cl. The molecule has 1 aliphatic rings. The number of fused-ring (bicyclic) bond motifs is 1. The molecule has 0 aliphatic carbocycles. The molecule has 136 valence electrons. The van der Waals surface area contributed by atoms with Crippen molar-refractivity contribution < 1.29 is 18.9 Å². The fourth-order valence-corrected chi connectivity index (χ4v) is 3.15. The topological polar surface area (TPSA) is 49.0 Å². The first-order chi connectivity index (χ1) is 11.7. The highest BCUT2D eigenvalue weighted by atomic mass is 35.5. The third-order valence-electron chi connectivity index (χ3n) is 4.48. The fourth-order valence-electron chi connectivity index (χ4n) is 3.15. The lowest BCUT2D eigenvalue weighted by Crippen LogP contribution is -2.28. The monoisotopic (exact) mass is 365 g/mol. The average Bonchev–Trinajstić information content (AvgIpc) is 2.65. The lowest BCUT2D eigenvalue weighted by molar-refractivity contribution is 0.351. The molecule has 1 N–H and O–H groups in total. The summed E-state index contributed by atoms with van der Waals surface area (Å²) >= 11 is 0. The van der Waals surface area contributed by atoms with E-state index < -0.39 is 0 Å². The molecule has 5 nitrogen and oxygen atoms in total. The molecule has 1 heterocycles. The summed E-state index contributed by atoms with van der Waals surface area (Å²) in [5.74, 6) is 3.02. The van der Waals surface area contributed by atoms with Gasteiger partial charge in [0, 0.05) is 12.6 Å². The summed E-state index contributed by atoms with van der Waals surface area (Å²) in [7, 11) is 6.62. The minimum Gasteiger partial charge on any atom is -0.493 e. The van der Waals surface area contributed by atoms with Gasteiger partial charge in [0.15, 0.2) is 23.0 Å². The zero-order valence-corrected chi connectivity index (χ0v) is 15.7. The van der Waals surface area contributed by atoms with Crippen LogP contribution in [-0.4, -0.2) is 28.4 Å². The number of ether oxygens (including phenoxy) is 4. The molecule has 0 bridgehead atoms. The Morgan fingerprint density at radius 3 is 1.92 bits per heavy atom. The molecule has 0 spiro atoms. The molecular weight excluding hydrogens is 342 g/mol. The Labute approximate surface area is 154 Å². The van der Waals surface area contributed by atoms with E-state index in [4.69, 9.17) is 18.9 Å². The van der Waals surface area contributed by atoms with E-state index in [0.29, 0.717) is 0 Å². The van der Waals surface area contributed by atoms with Gasteiger partial charge in [0.05, 0.1) is 28.4 Å². The lowest BCUT2D eigenvalue weighted by atomic mass is 9.91. The zero-order chi connectivity index (χ0) is 17.1. The molecule has 2 aromatic carbocycles. The van der Waals surface area contributed by atoms with Crippen molar-refractivity contribution in [3.8, 4) is 23.0 Å². The highest BCUT2D eigenvalue weighted by molar-refractivity contribution is 5.85. The second kappa shape index (κ2) is 8.32. The maximum absolute atomic E-state index is 5.43. The van der Waals surface area contributed by atoms with Gasteiger partial charge in [0.2, 0.25) is 0 Å². The molecule has 0 fully saturated rings. The lowest BCUT2D eigenvalue weighted by Gasteiger charge is -2.28. The molecule has 1 unspecified atom stereocenters. The summed E-state index contributed by atoms with van der Waals surface area (Å²) in [6.07, 6.45) is 0.880. The molecule has 0 saturated carbocycles. The van der Waals surface area contributed by atoms with Crippen LogP contribution < -0.4 is 24.3 Å². The molecule has 0 aromatic heterocycles. The van der Waals surface area contributed by atoms with Crippen molar-refractivity contribution >= 4 is 12.4 Å². The third kappa shape index (κ3) is 3.78. The summed E-state index contributed by atoms with van der Waals surface area (Å²) in [6.45, 7) is 0.786. The Morgan fingerprint density at radius 2 is 1.32 bits per heavy atom. The highest BCUT2D eigenvalue weighted by Gasteiger charge is 2.22. The van der Waals surface area contributed by atoms with E-state index >= 15 is 0 Å². The molecule has 0 radical (unpaired) electrons. The summed E-state index contributed by atoms with van der Waals surface area (Å²) < 4.78 is 21.5. The van der Waals surface area contributed by atoms with Gasteiger partial charge in [-0.1, -0.05) is 6.07 Å². The van der Waals surface area contributed by atoms with Gasteiger partial charge >= 0.3 is 0 Å². The first kappa shape index (κ1) is 19.2. The molecule has 0 saturated heterocycles. The predicted molar refractivity (Wildman–Crippen MR) is 99.6 cm³/mol.